The molecule has 0 radical (unpaired) electrons. The van der Waals surface area contributed by atoms with Gasteiger partial charge in [-0.2, -0.15) is 0 Å². The molecule has 0 rings (SSSR count). The van der Waals surface area contributed by atoms with Crippen LogP contribution in [0.15, 0.2) is 0 Å². The second kappa shape index (κ2) is 8.06. The van der Waals surface area contributed by atoms with Crippen LogP contribution in [0.3, 0.4) is 0 Å². The second-order valence-electron chi connectivity index (χ2n) is 3.74. The summed E-state index contributed by atoms with van der Waals surface area (Å²) in [7, 11) is 0. The maximum atomic E-state index is 10.5. The third-order valence-corrected chi connectivity index (χ3v) is 2.35. The van der Waals surface area contributed by atoms with Gasteiger partial charge in [-0.1, -0.05) is 6.92 Å². The third kappa shape index (κ3) is 7.19. The molecule has 0 amide bonds. The van der Waals surface area contributed by atoms with E-state index in [-0.39, 0.29) is 12.5 Å². The smallest absolute Gasteiger partial charge is 0.320 e. The molecule has 0 aromatic heterocycles. The molecule has 0 aromatic carbocycles. The fourth-order valence-corrected chi connectivity index (χ4v) is 1.35. The molecule has 16 heavy (non-hydrogen) atoms. The van der Waals surface area contributed by atoms with Gasteiger partial charge in [-0.05, 0) is 25.8 Å². The van der Waals surface area contributed by atoms with E-state index in [1.54, 1.807) is 0 Å². The molecule has 6 heteroatoms. The van der Waals surface area contributed by atoms with E-state index >= 15 is 0 Å². The SMILES string of the molecule is CCC(C[C@H](N)C(=O)O)NCCCC(=O)O. The van der Waals surface area contributed by atoms with Gasteiger partial charge in [-0.25, -0.2) is 0 Å². The molecule has 0 spiro atoms. The maximum absolute atomic E-state index is 10.5. The Morgan fingerprint density at radius 2 is 2.00 bits per heavy atom. The highest BCUT2D eigenvalue weighted by atomic mass is 16.4. The summed E-state index contributed by atoms with van der Waals surface area (Å²) in [6.45, 7) is 2.50. The van der Waals surface area contributed by atoms with Gasteiger partial charge in [0.2, 0.25) is 0 Å². The molecule has 0 aliphatic rings. The number of carbonyl (C=O) groups is 2. The minimum absolute atomic E-state index is 0.0277. The predicted octanol–water partition coefficient (Wildman–Crippen LogP) is 0.0214. The van der Waals surface area contributed by atoms with Gasteiger partial charge < -0.3 is 21.3 Å². The van der Waals surface area contributed by atoms with Crippen molar-refractivity contribution in [3.63, 3.8) is 0 Å². The highest BCUT2D eigenvalue weighted by Gasteiger charge is 2.16. The summed E-state index contributed by atoms with van der Waals surface area (Å²) in [5.41, 5.74) is 5.41. The normalized spacial score (nSPS) is 14.4. The minimum atomic E-state index is -1.01. The van der Waals surface area contributed by atoms with Crippen LogP contribution >= 0.6 is 0 Å². The van der Waals surface area contributed by atoms with Crippen molar-refractivity contribution in [1.82, 2.24) is 5.32 Å². The Kier molecular flexibility index (Phi) is 7.49. The lowest BCUT2D eigenvalue weighted by atomic mass is 10.1. The van der Waals surface area contributed by atoms with Gasteiger partial charge in [0, 0.05) is 12.5 Å². The average molecular weight is 232 g/mol. The lowest BCUT2D eigenvalue weighted by molar-refractivity contribution is -0.139. The Morgan fingerprint density at radius 3 is 2.44 bits per heavy atom. The summed E-state index contributed by atoms with van der Waals surface area (Å²) in [4.78, 5) is 20.8. The van der Waals surface area contributed by atoms with Crippen molar-refractivity contribution in [1.29, 1.82) is 0 Å². The summed E-state index contributed by atoms with van der Waals surface area (Å²) < 4.78 is 0. The molecule has 0 saturated heterocycles. The van der Waals surface area contributed by atoms with Crippen LogP contribution in [0, 0.1) is 0 Å². The summed E-state index contributed by atoms with van der Waals surface area (Å²) in [6.07, 6.45) is 1.79. The Bertz CT molecular complexity index is 233. The van der Waals surface area contributed by atoms with Gasteiger partial charge in [0.1, 0.15) is 6.04 Å². The molecule has 0 bridgehead atoms. The monoisotopic (exact) mass is 232 g/mol. The van der Waals surface area contributed by atoms with E-state index in [1.165, 1.54) is 0 Å². The lowest BCUT2D eigenvalue weighted by Crippen LogP contribution is -2.40. The first-order valence-corrected chi connectivity index (χ1v) is 5.41. The molecular weight excluding hydrogens is 212 g/mol. The number of hydrogen-bond donors (Lipinski definition) is 4. The molecule has 94 valence electrons. The second-order valence-corrected chi connectivity index (χ2v) is 3.74. The van der Waals surface area contributed by atoms with Crippen LogP contribution < -0.4 is 11.1 Å². The first-order chi connectivity index (χ1) is 7.47. The first-order valence-electron chi connectivity index (χ1n) is 5.41. The van der Waals surface area contributed by atoms with Crippen molar-refractivity contribution < 1.29 is 19.8 Å². The van der Waals surface area contributed by atoms with E-state index in [4.69, 9.17) is 15.9 Å². The number of rotatable bonds is 9. The van der Waals surface area contributed by atoms with Crippen LogP contribution in [0.4, 0.5) is 0 Å². The Labute approximate surface area is 94.8 Å². The van der Waals surface area contributed by atoms with E-state index < -0.39 is 18.0 Å². The Balaban J connectivity index is 3.74. The van der Waals surface area contributed by atoms with Crippen LogP contribution in [0.1, 0.15) is 32.6 Å². The molecular formula is C10H20N2O4. The fraction of sp³-hybridized carbons (Fsp3) is 0.800. The number of aliphatic carboxylic acids is 2. The third-order valence-electron chi connectivity index (χ3n) is 2.35. The number of nitrogens with two attached hydrogens (primary N) is 1. The molecule has 2 atom stereocenters. The molecule has 0 fully saturated rings. The molecule has 0 saturated carbocycles. The van der Waals surface area contributed by atoms with E-state index in [2.05, 4.69) is 5.32 Å². The van der Waals surface area contributed by atoms with Gasteiger partial charge >= 0.3 is 11.9 Å². The minimum Gasteiger partial charge on any atom is -0.481 e. The lowest BCUT2D eigenvalue weighted by Gasteiger charge is -2.18. The summed E-state index contributed by atoms with van der Waals surface area (Å²) in [6, 6.07) is -0.836. The van der Waals surface area contributed by atoms with Gasteiger partial charge in [0.25, 0.3) is 0 Å². The van der Waals surface area contributed by atoms with Crippen molar-refractivity contribution in [2.24, 2.45) is 5.73 Å². The Morgan fingerprint density at radius 1 is 1.38 bits per heavy atom. The topological polar surface area (TPSA) is 113 Å². The van der Waals surface area contributed by atoms with Crippen LogP contribution in [0.2, 0.25) is 0 Å². The largest absolute Gasteiger partial charge is 0.481 e. The number of hydrogen-bond acceptors (Lipinski definition) is 4. The molecule has 1 unspecified atom stereocenters. The zero-order valence-electron chi connectivity index (χ0n) is 9.48. The van der Waals surface area contributed by atoms with Crippen molar-refractivity contribution in [3.05, 3.63) is 0 Å². The van der Waals surface area contributed by atoms with E-state index in [9.17, 15) is 9.59 Å². The van der Waals surface area contributed by atoms with Crippen molar-refractivity contribution >= 4 is 11.9 Å². The fourth-order valence-electron chi connectivity index (χ4n) is 1.35. The zero-order chi connectivity index (χ0) is 12.6. The maximum Gasteiger partial charge on any atom is 0.320 e. The summed E-state index contributed by atoms with van der Waals surface area (Å²) >= 11 is 0. The highest BCUT2D eigenvalue weighted by Crippen LogP contribution is 2.01. The molecule has 6 nitrogen and oxygen atoms in total. The highest BCUT2D eigenvalue weighted by molar-refractivity contribution is 5.73. The van der Waals surface area contributed by atoms with Gasteiger partial charge in [-0.3, -0.25) is 9.59 Å². The first kappa shape index (κ1) is 14.9. The van der Waals surface area contributed by atoms with Crippen LogP contribution in [0.25, 0.3) is 0 Å². The molecule has 0 aliphatic heterocycles. The molecule has 0 heterocycles. The zero-order valence-corrected chi connectivity index (χ0v) is 9.48. The quantitative estimate of drug-likeness (QED) is 0.417. The van der Waals surface area contributed by atoms with E-state index in [1.807, 2.05) is 6.92 Å². The number of carboxylic acids is 2. The summed E-state index contributed by atoms with van der Waals surface area (Å²) in [5, 5.41) is 20.2. The van der Waals surface area contributed by atoms with E-state index in [0.29, 0.717) is 19.4 Å². The molecule has 0 aromatic rings. The predicted molar refractivity (Wildman–Crippen MR) is 59.2 cm³/mol. The van der Waals surface area contributed by atoms with E-state index in [0.717, 1.165) is 6.42 Å². The van der Waals surface area contributed by atoms with Crippen molar-refractivity contribution in [2.75, 3.05) is 6.54 Å². The van der Waals surface area contributed by atoms with Gasteiger partial charge in [-0.15, -0.1) is 0 Å². The van der Waals surface area contributed by atoms with Gasteiger partial charge in [0.05, 0.1) is 0 Å². The number of carboxylic acid groups (broad SMARTS) is 2. The van der Waals surface area contributed by atoms with Crippen LogP contribution in [-0.2, 0) is 9.59 Å². The summed E-state index contributed by atoms with van der Waals surface area (Å²) in [5.74, 6) is -1.83. The molecule has 5 N–H and O–H groups in total. The van der Waals surface area contributed by atoms with Crippen molar-refractivity contribution in [3.8, 4) is 0 Å². The van der Waals surface area contributed by atoms with Crippen LogP contribution in [0.5, 0.6) is 0 Å². The van der Waals surface area contributed by atoms with Crippen LogP contribution in [-0.4, -0.2) is 40.8 Å². The molecule has 0 aliphatic carbocycles. The standard InChI is InChI=1S/C10H20N2O4/c1-2-7(6-8(11)10(15)16)12-5-3-4-9(13)14/h7-8,12H,2-6,11H2,1H3,(H,13,14)(H,15,16)/t7?,8-/m0/s1. The Hall–Kier alpha value is -1.14. The number of nitrogens with one attached hydrogen (secondary N) is 1. The van der Waals surface area contributed by atoms with Crippen molar-refractivity contribution in [2.45, 2.75) is 44.7 Å². The van der Waals surface area contributed by atoms with Gasteiger partial charge in [0.15, 0.2) is 0 Å². The average Bonchev–Trinajstić information content (AvgIpc) is 2.21.